The summed E-state index contributed by atoms with van der Waals surface area (Å²) in [5.74, 6) is 1.73. The van der Waals surface area contributed by atoms with Crippen LogP contribution in [0.15, 0.2) is 41.6 Å². The van der Waals surface area contributed by atoms with Crippen LogP contribution in [0.1, 0.15) is 22.5 Å². The number of rotatable bonds is 7. The maximum absolute atomic E-state index is 12.8. The first-order chi connectivity index (χ1) is 14.3. The molecule has 0 saturated carbocycles. The zero-order chi connectivity index (χ0) is 21.8. The molecule has 0 fully saturated rings. The van der Waals surface area contributed by atoms with Crippen molar-refractivity contribution >= 4 is 29.3 Å². The van der Waals surface area contributed by atoms with E-state index in [9.17, 15) is 4.79 Å². The van der Waals surface area contributed by atoms with E-state index in [1.807, 2.05) is 17.6 Å². The summed E-state index contributed by atoms with van der Waals surface area (Å²) in [6.07, 6.45) is 0. The van der Waals surface area contributed by atoms with E-state index in [4.69, 9.17) is 16.3 Å². The highest BCUT2D eigenvalue weighted by molar-refractivity contribution is 7.99. The molecule has 0 radical (unpaired) electrons. The molecule has 1 aromatic heterocycles. The molecule has 1 amide bonds. The van der Waals surface area contributed by atoms with Crippen LogP contribution in [0.5, 0.6) is 5.75 Å². The van der Waals surface area contributed by atoms with E-state index in [0.717, 1.165) is 28.2 Å². The molecule has 0 unspecified atom stereocenters. The Bertz CT molecular complexity index is 1070. The monoisotopic (exact) mass is 444 g/mol. The lowest BCUT2D eigenvalue weighted by atomic mass is 10.1. The Kier molecular flexibility index (Phi) is 7.05. The average molecular weight is 445 g/mol. The first-order valence-corrected chi connectivity index (χ1v) is 10.9. The maximum atomic E-state index is 12.8. The van der Waals surface area contributed by atoms with Crippen LogP contribution in [-0.4, -0.2) is 45.5 Å². The zero-order valence-corrected chi connectivity index (χ0v) is 19.3. The zero-order valence-electron chi connectivity index (χ0n) is 17.8. The number of thioether (sulfide) groups is 1. The molecular weight excluding hydrogens is 420 g/mol. The Morgan fingerprint density at radius 3 is 2.67 bits per heavy atom. The third-order valence-electron chi connectivity index (χ3n) is 4.80. The standard InChI is InChI=1S/C22H25ClN4O2S/c1-14-6-7-15(2)19(10-14)27-16(3)24-25-22(27)30-13-21(28)26(4)12-17-11-18(23)8-9-20(17)29-5/h6-11H,12-13H2,1-5H3. The number of amides is 1. The SMILES string of the molecule is COc1ccc(Cl)cc1CN(C)C(=O)CSc1nnc(C)n1-c1cc(C)ccc1C. The van der Waals surface area contributed by atoms with Gasteiger partial charge in [-0.25, -0.2) is 0 Å². The van der Waals surface area contributed by atoms with Gasteiger partial charge in [-0.2, -0.15) is 0 Å². The lowest BCUT2D eigenvalue weighted by Crippen LogP contribution is -2.28. The molecule has 0 bridgehead atoms. The molecule has 0 aliphatic heterocycles. The summed E-state index contributed by atoms with van der Waals surface area (Å²) in [5, 5.41) is 9.81. The molecule has 30 heavy (non-hydrogen) atoms. The van der Waals surface area contributed by atoms with Crippen LogP contribution in [-0.2, 0) is 11.3 Å². The average Bonchev–Trinajstić information content (AvgIpc) is 3.08. The number of hydrogen-bond donors (Lipinski definition) is 0. The van der Waals surface area contributed by atoms with Crippen LogP contribution in [0.3, 0.4) is 0 Å². The third kappa shape index (κ3) is 4.96. The number of ether oxygens (including phenoxy) is 1. The van der Waals surface area contributed by atoms with Crippen molar-refractivity contribution in [2.24, 2.45) is 0 Å². The molecule has 3 rings (SSSR count). The quantitative estimate of drug-likeness (QED) is 0.498. The van der Waals surface area contributed by atoms with Crippen LogP contribution in [0, 0.1) is 20.8 Å². The van der Waals surface area contributed by atoms with Gasteiger partial charge in [0.05, 0.1) is 18.6 Å². The van der Waals surface area contributed by atoms with E-state index in [-0.39, 0.29) is 11.7 Å². The van der Waals surface area contributed by atoms with E-state index >= 15 is 0 Å². The van der Waals surface area contributed by atoms with Crippen molar-refractivity contribution < 1.29 is 9.53 Å². The van der Waals surface area contributed by atoms with Gasteiger partial charge in [0.2, 0.25) is 5.91 Å². The molecule has 0 saturated heterocycles. The number of carbonyl (C=O) groups excluding carboxylic acids is 1. The Hall–Kier alpha value is -2.51. The van der Waals surface area contributed by atoms with Gasteiger partial charge in [0, 0.05) is 24.2 Å². The molecule has 0 aliphatic rings. The van der Waals surface area contributed by atoms with Crippen molar-refractivity contribution in [1.82, 2.24) is 19.7 Å². The maximum Gasteiger partial charge on any atom is 0.233 e. The van der Waals surface area contributed by atoms with E-state index in [1.165, 1.54) is 11.8 Å². The summed E-state index contributed by atoms with van der Waals surface area (Å²) >= 11 is 7.48. The number of methoxy groups -OCH3 is 1. The number of nitrogens with zero attached hydrogens (tertiary/aromatic N) is 4. The summed E-state index contributed by atoms with van der Waals surface area (Å²) in [5.41, 5.74) is 4.18. The van der Waals surface area contributed by atoms with Gasteiger partial charge in [-0.05, 0) is 56.2 Å². The smallest absolute Gasteiger partial charge is 0.233 e. The van der Waals surface area contributed by atoms with Crippen LogP contribution in [0.4, 0.5) is 0 Å². The Morgan fingerprint density at radius 2 is 1.93 bits per heavy atom. The van der Waals surface area contributed by atoms with Crippen molar-refractivity contribution in [2.45, 2.75) is 32.5 Å². The van der Waals surface area contributed by atoms with Gasteiger partial charge in [0.15, 0.2) is 5.16 Å². The second-order valence-electron chi connectivity index (χ2n) is 7.15. The Balaban J connectivity index is 1.73. The summed E-state index contributed by atoms with van der Waals surface area (Å²) in [6, 6.07) is 11.7. The molecule has 8 heteroatoms. The molecular formula is C22H25ClN4O2S. The lowest BCUT2D eigenvalue weighted by molar-refractivity contribution is -0.127. The van der Waals surface area contributed by atoms with Crippen LogP contribution in [0.2, 0.25) is 5.02 Å². The number of halogens is 1. The Labute approximate surface area is 186 Å². The molecule has 0 N–H and O–H groups in total. The van der Waals surface area contributed by atoms with Crippen LogP contribution < -0.4 is 4.74 Å². The van der Waals surface area contributed by atoms with E-state index < -0.39 is 0 Å². The van der Waals surface area contributed by atoms with Gasteiger partial charge in [0.1, 0.15) is 11.6 Å². The van der Waals surface area contributed by atoms with Crippen molar-refractivity contribution in [1.29, 1.82) is 0 Å². The van der Waals surface area contributed by atoms with Crippen molar-refractivity contribution in [3.8, 4) is 11.4 Å². The van der Waals surface area contributed by atoms with Crippen LogP contribution >= 0.6 is 23.4 Å². The predicted octanol–water partition coefficient (Wildman–Crippen LogP) is 4.61. The van der Waals surface area contributed by atoms with Gasteiger partial charge < -0.3 is 9.64 Å². The van der Waals surface area contributed by atoms with Gasteiger partial charge >= 0.3 is 0 Å². The number of hydrogen-bond acceptors (Lipinski definition) is 5. The van der Waals surface area contributed by atoms with Crippen molar-refractivity contribution in [2.75, 3.05) is 19.9 Å². The fourth-order valence-electron chi connectivity index (χ4n) is 3.12. The summed E-state index contributed by atoms with van der Waals surface area (Å²) < 4.78 is 7.38. The van der Waals surface area contributed by atoms with E-state index in [2.05, 4.69) is 42.2 Å². The van der Waals surface area contributed by atoms with Gasteiger partial charge in [-0.15, -0.1) is 10.2 Å². The van der Waals surface area contributed by atoms with Gasteiger partial charge in [0.25, 0.3) is 0 Å². The van der Waals surface area contributed by atoms with Crippen molar-refractivity contribution in [3.63, 3.8) is 0 Å². The Morgan fingerprint density at radius 1 is 1.17 bits per heavy atom. The lowest BCUT2D eigenvalue weighted by Gasteiger charge is -2.19. The molecule has 1 heterocycles. The van der Waals surface area contributed by atoms with Crippen LogP contribution in [0.25, 0.3) is 5.69 Å². The topological polar surface area (TPSA) is 60.2 Å². The molecule has 2 aromatic carbocycles. The van der Waals surface area contributed by atoms with Gasteiger partial charge in [-0.3, -0.25) is 9.36 Å². The molecule has 6 nitrogen and oxygen atoms in total. The molecule has 3 aromatic rings. The normalized spacial score (nSPS) is 10.9. The van der Waals surface area contributed by atoms with E-state index in [1.54, 1.807) is 31.2 Å². The summed E-state index contributed by atoms with van der Waals surface area (Å²) in [4.78, 5) is 14.4. The summed E-state index contributed by atoms with van der Waals surface area (Å²) in [7, 11) is 3.37. The molecule has 0 aliphatic carbocycles. The second kappa shape index (κ2) is 9.53. The highest BCUT2D eigenvalue weighted by Crippen LogP contribution is 2.26. The van der Waals surface area contributed by atoms with E-state index in [0.29, 0.717) is 22.5 Å². The highest BCUT2D eigenvalue weighted by Gasteiger charge is 2.17. The number of benzene rings is 2. The summed E-state index contributed by atoms with van der Waals surface area (Å²) in [6.45, 7) is 6.43. The predicted molar refractivity (Wildman–Crippen MR) is 121 cm³/mol. The third-order valence-corrected chi connectivity index (χ3v) is 5.95. The van der Waals surface area contributed by atoms with Gasteiger partial charge in [-0.1, -0.05) is 35.5 Å². The number of aromatic nitrogens is 3. The van der Waals surface area contributed by atoms with Crippen molar-refractivity contribution in [3.05, 3.63) is 63.9 Å². The second-order valence-corrected chi connectivity index (χ2v) is 8.53. The largest absolute Gasteiger partial charge is 0.496 e. The minimum Gasteiger partial charge on any atom is -0.496 e. The number of carbonyl (C=O) groups is 1. The molecule has 158 valence electrons. The minimum absolute atomic E-state index is 0.0183. The highest BCUT2D eigenvalue weighted by atomic mass is 35.5. The number of aryl methyl sites for hydroxylation is 3. The molecule has 0 spiro atoms. The minimum atomic E-state index is -0.0183. The fraction of sp³-hybridized carbons (Fsp3) is 0.318. The first kappa shape index (κ1) is 22.2. The first-order valence-electron chi connectivity index (χ1n) is 9.49. The molecule has 0 atom stereocenters. The fourth-order valence-corrected chi connectivity index (χ4v) is 4.25.